The van der Waals surface area contributed by atoms with Gasteiger partial charge in [-0.15, -0.1) is 0 Å². The van der Waals surface area contributed by atoms with Gasteiger partial charge in [0.15, 0.2) is 0 Å². The highest BCUT2D eigenvalue weighted by molar-refractivity contribution is 7.89. The van der Waals surface area contributed by atoms with Gasteiger partial charge in [-0.3, -0.25) is 10.1 Å². The van der Waals surface area contributed by atoms with Crippen LogP contribution in [0.2, 0.25) is 0 Å². The quantitative estimate of drug-likeness (QED) is 0.518. The molecule has 0 aromatic heterocycles. The zero-order chi connectivity index (χ0) is 19.5. The second-order valence-corrected chi connectivity index (χ2v) is 8.30. The number of non-ortho nitro benzene ring substituents is 1. The van der Waals surface area contributed by atoms with E-state index in [1.54, 1.807) is 6.92 Å². The van der Waals surface area contributed by atoms with Gasteiger partial charge in [-0.05, 0) is 24.8 Å². The minimum atomic E-state index is -3.96. The zero-order valence-electron chi connectivity index (χ0n) is 14.7. The Hall–Kier alpha value is -2.20. The summed E-state index contributed by atoms with van der Waals surface area (Å²) in [7, 11) is -3.96. The van der Waals surface area contributed by atoms with Crippen molar-refractivity contribution in [1.29, 1.82) is 0 Å². The Morgan fingerprint density at radius 3 is 2.50 bits per heavy atom. The van der Waals surface area contributed by atoms with Gasteiger partial charge in [0.1, 0.15) is 10.9 Å². The molecule has 10 heteroatoms. The maximum absolute atomic E-state index is 12.9. The molecule has 1 aliphatic heterocycles. The molecule has 2 rings (SSSR count). The summed E-state index contributed by atoms with van der Waals surface area (Å²) >= 11 is 0. The Balaban J connectivity index is 2.51. The summed E-state index contributed by atoms with van der Waals surface area (Å²) in [4.78, 5) is 21.7. The fourth-order valence-corrected chi connectivity index (χ4v) is 4.57. The van der Waals surface area contributed by atoms with Gasteiger partial charge < -0.3 is 10.4 Å². The van der Waals surface area contributed by atoms with Gasteiger partial charge in [-0.25, -0.2) is 13.2 Å². The molecule has 1 aliphatic rings. The topological polar surface area (TPSA) is 130 Å². The lowest BCUT2D eigenvalue weighted by molar-refractivity contribution is -0.385. The molecule has 1 saturated heterocycles. The zero-order valence-corrected chi connectivity index (χ0v) is 15.5. The molecule has 144 valence electrons. The molecular weight excluding hydrogens is 362 g/mol. The van der Waals surface area contributed by atoms with Crippen LogP contribution in [0.25, 0.3) is 0 Å². The Kier molecular flexibility index (Phi) is 6.19. The second-order valence-electron chi connectivity index (χ2n) is 6.39. The van der Waals surface area contributed by atoms with Gasteiger partial charge in [-0.1, -0.05) is 20.3 Å². The van der Waals surface area contributed by atoms with E-state index in [-0.39, 0.29) is 22.2 Å². The molecule has 0 bridgehead atoms. The van der Waals surface area contributed by atoms with Gasteiger partial charge in [-0.2, -0.15) is 4.31 Å². The number of nitrogens with zero attached hydrogens (tertiary/aromatic N) is 2. The number of carbonyl (C=O) groups is 1. The van der Waals surface area contributed by atoms with Crippen molar-refractivity contribution in [2.75, 3.05) is 18.4 Å². The number of aliphatic carboxylic acids is 1. The van der Waals surface area contributed by atoms with Crippen LogP contribution in [-0.4, -0.2) is 47.9 Å². The molecule has 9 nitrogen and oxygen atoms in total. The Morgan fingerprint density at radius 2 is 2.00 bits per heavy atom. The number of carboxylic acids is 1. The molecule has 2 N–H and O–H groups in total. The molecule has 0 aliphatic carbocycles. The van der Waals surface area contributed by atoms with Crippen molar-refractivity contribution in [2.45, 2.75) is 44.0 Å². The Morgan fingerprint density at radius 1 is 1.38 bits per heavy atom. The first kappa shape index (κ1) is 20.1. The molecule has 26 heavy (non-hydrogen) atoms. The van der Waals surface area contributed by atoms with E-state index < -0.39 is 27.0 Å². The van der Waals surface area contributed by atoms with Crippen LogP contribution >= 0.6 is 0 Å². The largest absolute Gasteiger partial charge is 0.480 e. The van der Waals surface area contributed by atoms with E-state index in [9.17, 15) is 28.4 Å². The Bertz CT molecular complexity index is 789. The average Bonchev–Trinajstić information content (AvgIpc) is 3.14. The lowest BCUT2D eigenvalue weighted by Gasteiger charge is -2.24. The highest BCUT2D eigenvalue weighted by Crippen LogP contribution is 2.32. The number of hydrogen-bond donors (Lipinski definition) is 2. The van der Waals surface area contributed by atoms with Gasteiger partial charge >= 0.3 is 5.97 Å². The summed E-state index contributed by atoms with van der Waals surface area (Å²) < 4.78 is 27.1. The van der Waals surface area contributed by atoms with Crippen LogP contribution in [0.4, 0.5) is 11.4 Å². The van der Waals surface area contributed by atoms with Crippen molar-refractivity contribution in [3.63, 3.8) is 0 Å². The van der Waals surface area contributed by atoms with Crippen LogP contribution in [0.1, 0.15) is 33.1 Å². The number of carboxylic acid groups (broad SMARTS) is 1. The smallest absolute Gasteiger partial charge is 0.326 e. The number of anilines is 1. The van der Waals surface area contributed by atoms with Crippen LogP contribution < -0.4 is 5.32 Å². The summed E-state index contributed by atoms with van der Waals surface area (Å²) in [6.07, 6.45) is 2.02. The van der Waals surface area contributed by atoms with Gasteiger partial charge in [0.2, 0.25) is 10.0 Å². The van der Waals surface area contributed by atoms with Gasteiger partial charge in [0, 0.05) is 25.2 Å². The lowest BCUT2D eigenvalue weighted by Crippen LogP contribution is -2.36. The molecule has 0 amide bonds. The second kappa shape index (κ2) is 8.00. The molecule has 1 aromatic rings. The van der Waals surface area contributed by atoms with E-state index in [0.29, 0.717) is 19.5 Å². The standard InChI is InChI=1S/C16H23N3O6S/c1-3-11(2)15(16(20)21)17-13-7-6-12(19(22)23)10-14(13)26(24,25)18-8-4-5-9-18/h6-7,10-11,15,17H,3-5,8-9H2,1-2H3,(H,20,21)/t11-,15-/m0/s1. The first-order chi connectivity index (χ1) is 12.2. The molecular formula is C16H23N3O6S. The summed E-state index contributed by atoms with van der Waals surface area (Å²) in [6.45, 7) is 4.27. The Labute approximate surface area is 152 Å². The first-order valence-electron chi connectivity index (χ1n) is 8.46. The fraction of sp³-hybridized carbons (Fsp3) is 0.562. The normalized spacial score (nSPS) is 17.6. The maximum Gasteiger partial charge on any atom is 0.326 e. The summed E-state index contributed by atoms with van der Waals surface area (Å²) in [5.41, 5.74) is -0.293. The third-order valence-corrected chi connectivity index (χ3v) is 6.59. The molecule has 1 heterocycles. The van der Waals surface area contributed by atoms with Crippen molar-refractivity contribution in [3.05, 3.63) is 28.3 Å². The van der Waals surface area contributed by atoms with Crippen molar-refractivity contribution in [1.82, 2.24) is 4.31 Å². The summed E-state index contributed by atoms with van der Waals surface area (Å²) in [5, 5.41) is 23.3. The van der Waals surface area contributed by atoms with Crippen LogP contribution in [0.5, 0.6) is 0 Å². The summed E-state index contributed by atoms with van der Waals surface area (Å²) in [5.74, 6) is -1.37. The van der Waals surface area contributed by atoms with Gasteiger partial charge in [0.25, 0.3) is 5.69 Å². The number of rotatable bonds is 8. The molecule has 0 unspecified atom stereocenters. The number of hydrogen-bond acceptors (Lipinski definition) is 6. The van der Waals surface area contributed by atoms with Crippen LogP contribution in [0, 0.1) is 16.0 Å². The average molecular weight is 385 g/mol. The first-order valence-corrected chi connectivity index (χ1v) is 9.90. The highest BCUT2D eigenvalue weighted by atomic mass is 32.2. The van der Waals surface area contributed by atoms with E-state index in [1.165, 1.54) is 16.4 Å². The monoisotopic (exact) mass is 385 g/mol. The molecule has 1 aromatic carbocycles. The van der Waals surface area contributed by atoms with Gasteiger partial charge in [0.05, 0.1) is 10.6 Å². The van der Waals surface area contributed by atoms with Crippen molar-refractivity contribution in [2.24, 2.45) is 5.92 Å². The van der Waals surface area contributed by atoms with Crippen molar-refractivity contribution >= 4 is 27.4 Å². The van der Waals surface area contributed by atoms with E-state index in [1.807, 2.05) is 6.92 Å². The predicted molar refractivity (Wildman–Crippen MR) is 95.6 cm³/mol. The highest BCUT2D eigenvalue weighted by Gasteiger charge is 2.33. The molecule has 2 atom stereocenters. The molecule has 0 radical (unpaired) electrons. The number of nitro benzene ring substituents is 1. The number of sulfonamides is 1. The summed E-state index contributed by atoms with van der Waals surface area (Å²) in [6, 6.07) is 2.42. The molecule has 0 spiro atoms. The van der Waals surface area contributed by atoms with E-state index in [4.69, 9.17) is 0 Å². The lowest BCUT2D eigenvalue weighted by atomic mass is 9.99. The van der Waals surface area contributed by atoms with E-state index in [0.717, 1.165) is 18.9 Å². The third-order valence-electron chi connectivity index (χ3n) is 4.65. The van der Waals surface area contributed by atoms with Crippen LogP contribution in [0.3, 0.4) is 0 Å². The fourth-order valence-electron chi connectivity index (χ4n) is 2.88. The predicted octanol–water partition coefficient (Wildman–Crippen LogP) is 2.29. The van der Waals surface area contributed by atoms with Crippen LogP contribution in [-0.2, 0) is 14.8 Å². The SMILES string of the molecule is CC[C@H](C)[C@H](Nc1ccc([N+](=O)[O-])cc1S(=O)(=O)N1CCCC1)C(=O)O. The van der Waals surface area contributed by atoms with E-state index >= 15 is 0 Å². The number of benzene rings is 1. The number of nitrogens with one attached hydrogen (secondary N) is 1. The van der Waals surface area contributed by atoms with Crippen molar-refractivity contribution < 1.29 is 23.2 Å². The number of nitro groups is 1. The maximum atomic E-state index is 12.9. The molecule has 0 saturated carbocycles. The molecule has 1 fully saturated rings. The van der Waals surface area contributed by atoms with Crippen LogP contribution in [0.15, 0.2) is 23.1 Å². The van der Waals surface area contributed by atoms with E-state index in [2.05, 4.69) is 5.32 Å². The minimum Gasteiger partial charge on any atom is -0.480 e. The third kappa shape index (κ3) is 4.13. The van der Waals surface area contributed by atoms with Crippen molar-refractivity contribution in [3.8, 4) is 0 Å². The minimum absolute atomic E-state index is 0.0650.